The Kier molecular flexibility index (Phi) is 3.68. The third-order valence-corrected chi connectivity index (χ3v) is 1.51. The first-order valence-electron chi connectivity index (χ1n) is 3.70. The molecule has 7 heteroatoms. The number of amides is 1. The van der Waals surface area contributed by atoms with Crippen molar-refractivity contribution in [2.24, 2.45) is 5.73 Å². The van der Waals surface area contributed by atoms with Crippen LogP contribution in [0.5, 0.6) is 11.5 Å². The third-order valence-electron chi connectivity index (χ3n) is 1.29. The van der Waals surface area contributed by atoms with Crippen LogP contribution >= 0.6 is 11.6 Å². The standard InChI is InChI=1S/C8H6ClF2NO3/c9-4-1-5(14-7(10)11)3-6(2-4)15-8(12)13/h1-3,7H,(H2,12,13). The summed E-state index contributed by atoms with van der Waals surface area (Å²) in [5.74, 6) is -0.278. The first kappa shape index (κ1) is 11.5. The average molecular weight is 238 g/mol. The molecule has 0 bridgehead atoms. The lowest BCUT2D eigenvalue weighted by molar-refractivity contribution is -0.0498. The molecule has 0 saturated heterocycles. The number of benzene rings is 1. The molecule has 0 heterocycles. The molecule has 0 aliphatic heterocycles. The fraction of sp³-hybridized carbons (Fsp3) is 0.125. The van der Waals surface area contributed by atoms with Crippen molar-refractivity contribution in [1.82, 2.24) is 0 Å². The smallest absolute Gasteiger partial charge is 0.409 e. The number of carbonyl (C=O) groups excluding carboxylic acids is 1. The predicted octanol–water partition coefficient (Wildman–Crippen LogP) is 2.40. The van der Waals surface area contributed by atoms with Crippen molar-refractivity contribution in [2.45, 2.75) is 6.61 Å². The molecule has 1 amide bonds. The number of halogens is 3. The second kappa shape index (κ2) is 4.79. The van der Waals surface area contributed by atoms with Gasteiger partial charge < -0.3 is 15.2 Å². The van der Waals surface area contributed by atoms with E-state index in [1.165, 1.54) is 6.07 Å². The van der Waals surface area contributed by atoms with Gasteiger partial charge in [0.05, 0.1) is 0 Å². The highest BCUT2D eigenvalue weighted by Gasteiger charge is 2.08. The second-order valence-corrected chi connectivity index (χ2v) is 2.86. The van der Waals surface area contributed by atoms with E-state index < -0.39 is 12.7 Å². The van der Waals surface area contributed by atoms with E-state index in [0.29, 0.717) is 0 Å². The van der Waals surface area contributed by atoms with Gasteiger partial charge >= 0.3 is 12.7 Å². The van der Waals surface area contributed by atoms with E-state index in [1.54, 1.807) is 0 Å². The minimum Gasteiger partial charge on any atom is -0.435 e. The number of hydrogen-bond donors (Lipinski definition) is 1. The third kappa shape index (κ3) is 3.99. The van der Waals surface area contributed by atoms with E-state index >= 15 is 0 Å². The summed E-state index contributed by atoms with van der Waals surface area (Å²) in [4.78, 5) is 10.4. The Bertz CT molecular complexity index is 373. The molecule has 0 atom stereocenters. The van der Waals surface area contributed by atoms with Crippen LogP contribution in [0.4, 0.5) is 13.6 Å². The Balaban J connectivity index is 2.89. The fourth-order valence-electron chi connectivity index (χ4n) is 0.883. The van der Waals surface area contributed by atoms with Crippen LogP contribution in [0, 0.1) is 0 Å². The van der Waals surface area contributed by atoms with E-state index in [0.717, 1.165) is 12.1 Å². The molecule has 2 N–H and O–H groups in total. The summed E-state index contributed by atoms with van der Waals surface area (Å²) in [7, 11) is 0. The van der Waals surface area contributed by atoms with Crippen molar-refractivity contribution >= 4 is 17.7 Å². The molecule has 15 heavy (non-hydrogen) atoms. The molecule has 0 aliphatic rings. The predicted molar refractivity (Wildman–Crippen MR) is 48.3 cm³/mol. The minimum absolute atomic E-state index is 0.0642. The highest BCUT2D eigenvalue weighted by molar-refractivity contribution is 6.30. The summed E-state index contributed by atoms with van der Waals surface area (Å²) in [5.41, 5.74) is 4.73. The zero-order chi connectivity index (χ0) is 11.4. The molecule has 0 radical (unpaired) electrons. The zero-order valence-electron chi connectivity index (χ0n) is 7.25. The Labute approximate surface area is 88.5 Å². The maximum atomic E-state index is 11.8. The van der Waals surface area contributed by atoms with Crippen LogP contribution in [-0.4, -0.2) is 12.7 Å². The van der Waals surface area contributed by atoms with Gasteiger partial charge in [-0.15, -0.1) is 0 Å². The van der Waals surface area contributed by atoms with Crippen molar-refractivity contribution in [3.05, 3.63) is 23.2 Å². The minimum atomic E-state index is -2.98. The number of hydrogen-bond acceptors (Lipinski definition) is 3. The van der Waals surface area contributed by atoms with Crippen LogP contribution in [0.25, 0.3) is 0 Å². The Morgan fingerprint density at radius 2 is 1.93 bits per heavy atom. The van der Waals surface area contributed by atoms with Gasteiger partial charge in [0.1, 0.15) is 11.5 Å². The Morgan fingerprint density at radius 3 is 2.47 bits per heavy atom. The highest BCUT2D eigenvalue weighted by Crippen LogP contribution is 2.27. The van der Waals surface area contributed by atoms with Crippen molar-refractivity contribution in [1.29, 1.82) is 0 Å². The summed E-state index contributed by atoms with van der Waals surface area (Å²) < 4.78 is 32.2. The second-order valence-electron chi connectivity index (χ2n) is 2.42. The lowest BCUT2D eigenvalue weighted by atomic mass is 10.3. The van der Waals surface area contributed by atoms with Crippen LogP contribution in [0.3, 0.4) is 0 Å². The molecule has 0 saturated carbocycles. The van der Waals surface area contributed by atoms with E-state index in [2.05, 4.69) is 9.47 Å². The van der Waals surface area contributed by atoms with Gasteiger partial charge in [-0.05, 0) is 12.1 Å². The van der Waals surface area contributed by atoms with Gasteiger partial charge in [-0.3, -0.25) is 0 Å². The normalized spacial score (nSPS) is 10.1. The molecular formula is C8H6ClF2NO3. The molecule has 1 aromatic rings. The van der Waals surface area contributed by atoms with E-state index in [1.807, 2.05) is 0 Å². The van der Waals surface area contributed by atoms with Crippen molar-refractivity contribution in [3.63, 3.8) is 0 Å². The van der Waals surface area contributed by atoms with E-state index in [9.17, 15) is 13.6 Å². The number of ether oxygens (including phenoxy) is 2. The van der Waals surface area contributed by atoms with Crippen LogP contribution in [0.15, 0.2) is 18.2 Å². The monoisotopic (exact) mass is 237 g/mol. The van der Waals surface area contributed by atoms with E-state index in [-0.39, 0.29) is 16.5 Å². The molecule has 0 aliphatic carbocycles. The molecule has 0 fully saturated rings. The number of rotatable bonds is 3. The first-order valence-corrected chi connectivity index (χ1v) is 4.08. The highest BCUT2D eigenvalue weighted by atomic mass is 35.5. The van der Waals surface area contributed by atoms with Crippen molar-refractivity contribution < 1.29 is 23.0 Å². The summed E-state index contributed by atoms with van der Waals surface area (Å²) in [5, 5.41) is 0.0874. The van der Waals surface area contributed by atoms with Gasteiger partial charge in [0.25, 0.3) is 0 Å². The van der Waals surface area contributed by atoms with Gasteiger partial charge in [-0.1, -0.05) is 11.6 Å². The van der Waals surface area contributed by atoms with Gasteiger partial charge in [0.2, 0.25) is 0 Å². The molecular weight excluding hydrogens is 232 g/mol. The number of alkyl halides is 2. The maximum Gasteiger partial charge on any atom is 0.409 e. The number of primary amides is 1. The van der Waals surface area contributed by atoms with Crippen molar-refractivity contribution in [2.75, 3.05) is 0 Å². The van der Waals surface area contributed by atoms with Crippen molar-refractivity contribution in [3.8, 4) is 11.5 Å². The SMILES string of the molecule is NC(=O)Oc1cc(Cl)cc(OC(F)F)c1. The van der Waals surface area contributed by atoms with Gasteiger partial charge in [0, 0.05) is 11.1 Å². The van der Waals surface area contributed by atoms with Gasteiger partial charge in [-0.2, -0.15) is 8.78 Å². The lowest BCUT2D eigenvalue weighted by Crippen LogP contribution is -2.16. The molecule has 0 unspecified atom stereocenters. The summed E-state index contributed by atoms with van der Waals surface area (Å²) in [6, 6.07) is 3.47. The van der Waals surface area contributed by atoms with Gasteiger partial charge in [0.15, 0.2) is 0 Å². The average Bonchev–Trinajstić information content (AvgIpc) is 1.98. The number of carbonyl (C=O) groups is 1. The zero-order valence-corrected chi connectivity index (χ0v) is 8.00. The summed E-state index contributed by atoms with van der Waals surface area (Å²) in [6.45, 7) is -2.98. The molecule has 1 aromatic carbocycles. The molecule has 0 spiro atoms. The topological polar surface area (TPSA) is 61.6 Å². The largest absolute Gasteiger partial charge is 0.435 e. The van der Waals surface area contributed by atoms with Gasteiger partial charge in [-0.25, -0.2) is 4.79 Å². The Morgan fingerprint density at radius 1 is 1.33 bits per heavy atom. The molecule has 1 rings (SSSR count). The van der Waals surface area contributed by atoms with E-state index in [4.69, 9.17) is 17.3 Å². The summed E-state index contributed by atoms with van der Waals surface area (Å²) in [6.07, 6.45) is -1.07. The van der Waals surface area contributed by atoms with Crippen LogP contribution in [-0.2, 0) is 0 Å². The molecule has 4 nitrogen and oxygen atoms in total. The Hall–Kier alpha value is -1.56. The summed E-state index contributed by atoms with van der Waals surface area (Å²) >= 11 is 5.56. The first-order chi connectivity index (χ1) is 6.97. The van der Waals surface area contributed by atoms with Crippen LogP contribution in [0.2, 0.25) is 5.02 Å². The van der Waals surface area contributed by atoms with Crippen LogP contribution in [0.1, 0.15) is 0 Å². The fourth-order valence-corrected chi connectivity index (χ4v) is 1.10. The maximum absolute atomic E-state index is 11.8. The molecule has 82 valence electrons. The van der Waals surface area contributed by atoms with Crippen LogP contribution < -0.4 is 15.2 Å². The molecule has 0 aromatic heterocycles. The quantitative estimate of drug-likeness (QED) is 0.878. The number of nitrogens with two attached hydrogens (primary N) is 1. The lowest BCUT2D eigenvalue weighted by Gasteiger charge is -2.07.